The van der Waals surface area contributed by atoms with E-state index in [1.165, 1.54) is 18.2 Å². The number of carbonyl (C=O) groups excluding carboxylic acids is 1. The van der Waals surface area contributed by atoms with Gasteiger partial charge in [-0.05, 0) is 17.4 Å². The molecule has 1 aromatic carbocycles. The topological polar surface area (TPSA) is 72.2 Å². The highest BCUT2D eigenvalue weighted by atomic mass is 35.5. The highest BCUT2D eigenvalue weighted by Crippen LogP contribution is 2.26. The lowest BCUT2D eigenvalue weighted by atomic mass is 9.81. The number of hydrogen-bond donors (Lipinski definition) is 1. The van der Waals surface area contributed by atoms with Gasteiger partial charge in [-0.3, -0.25) is 14.9 Å². The second kappa shape index (κ2) is 6.22. The van der Waals surface area contributed by atoms with Crippen molar-refractivity contribution in [2.24, 2.45) is 11.3 Å². The van der Waals surface area contributed by atoms with Crippen LogP contribution in [0.15, 0.2) is 18.2 Å². The van der Waals surface area contributed by atoms with E-state index in [0.29, 0.717) is 12.5 Å². The standard InChI is InChI=1S/C14H19ClN2O3/c1-9(2)14(3,4)8-16-13(18)11-7-10(17(19)20)5-6-12(11)15/h5-7,9H,8H2,1-4H3,(H,16,18). The minimum Gasteiger partial charge on any atom is -0.351 e. The van der Waals surface area contributed by atoms with Gasteiger partial charge >= 0.3 is 0 Å². The van der Waals surface area contributed by atoms with Crippen LogP contribution in [0.1, 0.15) is 38.1 Å². The second-order valence-corrected chi connectivity index (χ2v) is 6.15. The Bertz CT molecular complexity index is 527. The number of carbonyl (C=O) groups is 1. The number of halogens is 1. The predicted molar refractivity (Wildman–Crippen MR) is 79.1 cm³/mol. The summed E-state index contributed by atoms with van der Waals surface area (Å²) in [5.74, 6) is -0.00388. The maximum Gasteiger partial charge on any atom is 0.270 e. The fourth-order valence-corrected chi connectivity index (χ4v) is 1.61. The molecule has 0 saturated carbocycles. The first-order valence-electron chi connectivity index (χ1n) is 6.37. The number of nitrogens with one attached hydrogen (secondary N) is 1. The molecular formula is C14H19ClN2O3. The zero-order valence-electron chi connectivity index (χ0n) is 12.1. The quantitative estimate of drug-likeness (QED) is 0.666. The fraction of sp³-hybridized carbons (Fsp3) is 0.500. The van der Waals surface area contributed by atoms with Crippen molar-refractivity contribution in [3.05, 3.63) is 38.9 Å². The normalized spacial score (nSPS) is 11.5. The van der Waals surface area contributed by atoms with Gasteiger partial charge < -0.3 is 5.32 Å². The van der Waals surface area contributed by atoms with E-state index in [0.717, 1.165) is 0 Å². The number of rotatable bonds is 5. The van der Waals surface area contributed by atoms with Gasteiger partial charge in [0.25, 0.3) is 11.6 Å². The smallest absolute Gasteiger partial charge is 0.270 e. The molecule has 6 heteroatoms. The van der Waals surface area contributed by atoms with E-state index >= 15 is 0 Å². The molecule has 1 rings (SSSR count). The summed E-state index contributed by atoms with van der Waals surface area (Å²) in [6, 6.07) is 3.83. The molecule has 0 radical (unpaired) electrons. The van der Waals surface area contributed by atoms with Gasteiger partial charge in [-0.25, -0.2) is 0 Å². The molecular weight excluding hydrogens is 280 g/mol. The number of nitro benzene ring substituents is 1. The zero-order chi connectivity index (χ0) is 15.5. The summed E-state index contributed by atoms with van der Waals surface area (Å²) < 4.78 is 0. The Morgan fingerprint density at radius 1 is 1.45 bits per heavy atom. The summed E-state index contributed by atoms with van der Waals surface area (Å²) in [5.41, 5.74) is -0.0915. The molecule has 0 fully saturated rings. The van der Waals surface area contributed by atoms with Crippen LogP contribution in [-0.4, -0.2) is 17.4 Å². The predicted octanol–water partition coefficient (Wildman–Crippen LogP) is 3.66. The molecule has 110 valence electrons. The van der Waals surface area contributed by atoms with E-state index < -0.39 is 10.8 Å². The molecule has 0 saturated heterocycles. The van der Waals surface area contributed by atoms with E-state index in [2.05, 4.69) is 19.2 Å². The molecule has 0 aromatic heterocycles. The van der Waals surface area contributed by atoms with E-state index in [-0.39, 0.29) is 21.7 Å². The molecule has 0 spiro atoms. The fourth-order valence-electron chi connectivity index (χ4n) is 1.41. The third kappa shape index (κ3) is 3.93. The lowest BCUT2D eigenvalue weighted by Crippen LogP contribution is -2.37. The van der Waals surface area contributed by atoms with Crippen molar-refractivity contribution in [2.45, 2.75) is 27.7 Å². The van der Waals surface area contributed by atoms with Gasteiger partial charge in [-0.2, -0.15) is 0 Å². The van der Waals surface area contributed by atoms with Gasteiger partial charge in [0.1, 0.15) is 0 Å². The van der Waals surface area contributed by atoms with Gasteiger partial charge in [-0.15, -0.1) is 0 Å². The van der Waals surface area contributed by atoms with Crippen molar-refractivity contribution in [3.63, 3.8) is 0 Å². The number of nitro groups is 1. The average molecular weight is 299 g/mol. The lowest BCUT2D eigenvalue weighted by Gasteiger charge is -2.29. The summed E-state index contributed by atoms with van der Waals surface area (Å²) in [6.45, 7) is 8.72. The van der Waals surface area contributed by atoms with E-state index in [4.69, 9.17) is 11.6 Å². The minimum absolute atomic E-state index is 0.0666. The molecule has 0 atom stereocenters. The van der Waals surface area contributed by atoms with Crippen LogP contribution in [0.5, 0.6) is 0 Å². The van der Waals surface area contributed by atoms with Gasteiger partial charge in [0.05, 0.1) is 15.5 Å². The van der Waals surface area contributed by atoms with Crippen LogP contribution in [-0.2, 0) is 0 Å². The highest BCUT2D eigenvalue weighted by Gasteiger charge is 2.24. The number of hydrogen-bond acceptors (Lipinski definition) is 3. The zero-order valence-corrected chi connectivity index (χ0v) is 12.8. The Kier molecular flexibility index (Phi) is 5.11. The SMILES string of the molecule is CC(C)C(C)(C)CNC(=O)c1cc([N+](=O)[O-])ccc1Cl. The summed E-state index contributed by atoms with van der Waals surface area (Å²) >= 11 is 5.92. The van der Waals surface area contributed by atoms with Crippen molar-refractivity contribution in [1.29, 1.82) is 0 Å². The highest BCUT2D eigenvalue weighted by molar-refractivity contribution is 6.33. The van der Waals surface area contributed by atoms with Crippen molar-refractivity contribution in [2.75, 3.05) is 6.54 Å². The summed E-state index contributed by atoms with van der Waals surface area (Å²) in [4.78, 5) is 22.3. The monoisotopic (exact) mass is 298 g/mol. The van der Waals surface area contributed by atoms with Crippen molar-refractivity contribution in [1.82, 2.24) is 5.32 Å². The first-order valence-corrected chi connectivity index (χ1v) is 6.75. The summed E-state index contributed by atoms with van der Waals surface area (Å²) in [6.07, 6.45) is 0. The third-order valence-corrected chi connectivity index (χ3v) is 4.00. The van der Waals surface area contributed by atoms with Crippen LogP contribution >= 0.6 is 11.6 Å². The Morgan fingerprint density at radius 2 is 2.05 bits per heavy atom. The molecule has 1 amide bonds. The first kappa shape index (κ1) is 16.4. The van der Waals surface area contributed by atoms with Crippen LogP contribution < -0.4 is 5.32 Å². The van der Waals surface area contributed by atoms with Crippen LogP contribution in [0, 0.1) is 21.4 Å². The van der Waals surface area contributed by atoms with Crippen LogP contribution in [0.2, 0.25) is 5.02 Å². The Morgan fingerprint density at radius 3 is 2.55 bits per heavy atom. The number of non-ortho nitro benzene ring substituents is 1. The van der Waals surface area contributed by atoms with Gasteiger partial charge in [0.2, 0.25) is 0 Å². The molecule has 5 nitrogen and oxygen atoms in total. The van der Waals surface area contributed by atoms with E-state index in [1.807, 2.05) is 13.8 Å². The van der Waals surface area contributed by atoms with Crippen molar-refractivity contribution in [3.8, 4) is 0 Å². The lowest BCUT2D eigenvalue weighted by molar-refractivity contribution is -0.384. The minimum atomic E-state index is -0.550. The third-order valence-electron chi connectivity index (χ3n) is 3.67. The molecule has 0 bridgehead atoms. The first-order chi connectivity index (χ1) is 9.15. The van der Waals surface area contributed by atoms with Crippen LogP contribution in [0.3, 0.4) is 0 Å². The van der Waals surface area contributed by atoms with Crippen molar-refractivity contribution >= 4 is 23.2 Å². The Labute approximate surface area is 123 Å². The van der Waals surface area contributed by atoms with Gasteiger partial charge in [-0.1, -0.05) is 39.3 Å². The number of benzene rings is 1. The summed E-state index contributed by atoms with van der Waals surface area (Å²) in [7, 11) is 0. The molecule has 0 unspecified atom stereocenters. The molecule has 1 aromatic rings. The average Bonchev–Trinajstić information content (AvgIpc) is 2.36. The second-order valence-electron chi connectivity index (χ2n) is 5.75. The van der Waals surface area contributed by atoms with Crippen LogP contribution in [0.4, 0.5) is 5.69 Å². The van der Waals surface area contributed by atoms with Crippen molar-refractivity contribution < 1.29 is 9.72 Å². The molecule has 0 heterocycles. The molecule has 0 aliphatic rings. The number of amides is 1. The molecule has 20 heavy (non-hydrogen) atoms. The van der Waals surface area contributed by atoms with E-state index in [9.17, 15) is 14.9 Å². The number of nitrogens with zero attached hydrogens (tertiary/aromatic N) is 1. The molecule has 0 aliphatic heterocycles. The van der Waals surface area contributed by atoms with Crippen LogP contribution in [0.25, 0.3) is 0 Å². The maximum absolute atomic E-state index is 12.1. The Balaban J connectivity index is 2.88. The largest absolute Gasteiger partial charge is 0.351 e. The van der Waals surface area contributed by atoms with E-state index in [1.54, 1.807) is 0 Å². The van der Waals surface area contributed by atoms with Gasteiger partial charge in [0, 0.05) is 18.7 Å². The summed E-state index contributed by atoms with van der Waals surface area (Å²) in [5, 5.41) is 13.7. The molecule has 1 N–H and O–H groups in total. The van der Waals surface area contributed by atoms with Gasteiger partial charge in [0.15, 0.2) is 0 Å². The Hall–Kier alpha value is -1.62. The maximum atomic E-state index is 12.1. The molecule has 0 aliphatic carbocycles.